The number of ether oxygens (including phenoxy) is 2. The number of carbonyl (C=O) groups excluding carboxylic acids is 3. The van der Waals surface area contributed by atoms with Crippen LogP contribution < -0.4 is 14.8 Å². The van der Waals surface area contributed by atoms with Crippen molar-refractivity contribution >= 4 is 23.8 Å². The minimum absolute atomic E-state index is 0.0249. The highest BCUT2D eigenvalue weighted by Crippen LogP contribution is 2.32. The van der Waals surface area contributed by atoms with E-state index in [0.29, 0.717) is 18.0 Å². The molecule has 2 aliphatic heterocycles. The number of amides is 3. The first-order chi connectivity index (χ1) is 14.1. The highest BCUT2D eigenvalue weighted by molar-refractivity contribution is 5.89. The third-order valence-corrected chi connectivity index (χ3v) is 5.36. The summed E-state index contributed by atoms with van der Waals surface area (Å²) in [7, 11) is 3.10. The summed E-state index contributed by atoms with van der Waals surface area (Å²) in [5.74, 6) is 0.678. The standard InChI is InChI=1S/C22H29N3O5/c1-22(2,3)25-12-16(11-21(25)28)23-19(26)13-24-7-6-14-8-17(29-4)18(30-5)9-15(14)10-20(24)27/h6-9,16H,10-13H2,1-5H3,(H,23,26)/t16-/m0/s1. The molecule has 8 heteroatoms. The molecular weight excluding hydrogens is 386 g/mol. The summed E-state index contributed by atoms with van der Waals surface area (Å²) < 4.78 is 10.6. The molecule has 0 saturated carbocycles. The van der Waals surface area contributed by atoms with Crippen LogP contribution in [0, 0.1) is 0 Å². The second-order valence-electron chi connectivity index (χ2n) is 8.56. The van der Waals surface area contributed by atoms with Gasteiger partial charge in [0, 0.05) is 24.7 Å². The molecule has 3 amide bonds. The van der Waals surface area contributed by atoms with Crippen LogP contribution in [0.15, 0.2) is 18.3 Å². The van der Waals surface area contributed by atoms with Gasteiger partial charge in [-0.3, -0.25) is 14.4 Å². The molecule has 162 valence electrons. The van der Waals surface area contributed by atoms with Gasteiger partial charge in [0.15, 0.2) is 11.5 Å². The maximum Gasteiger partial charge on any atom is 0.240 e. The maximum atomic E-state index is 12.7. The molecule has 3 rings (SSSR count). The lowest BCUT2D eigenvalue weighted by Crippen LogP contribution is -2.46. The van der Waals surface area contributed by atoms with Gasteiger partial charge in [-0.15, -0.1) is 0 Å². The van der Waals surface area contributed by atoms with Gasteiger partial charge < -0.3 is 24.6 Å². The monoisotopic (exact) mass is 415 g/mol. The summed E-state index contributed by atoms with van der Waals surface area (Å²) in [6, 6.07) is 3.35. The first kappa shape index (κ1) is 21.7. The quantitative estimate of drug-likeness (QED) is 0.789. The van der Waals surface area contributed by atoms with Crippen LogP contribution in [-0.4, -0.2) is 66.4 Å². The summed E-state index contributed by atoms with van der Waals surface area (Å²) in [6.45, 7) is 6.28. The minimum Gasteiger partial charge on any atom is -0.493 e. The molecule has 0 bridgehead atoms. The highest BCUT2D eigenvalue weighted by Gasteiger charge is 2.37. The fourth-order valence-electron chi connectivity index (χ4n) is 3.78. The molecule has 8 nitrogen and oxygen atoms in total. The maximum absolute atomic E-state index is 12.7. The lowest BCUT2D eigenvalue weighted by molar-refractivity contribution is -0.133. The Morgan fingerprint density at radius 3 is 2.40 bits per heavy atom. The van der Waals surface area contributed by atoms with Gasteiger partial charge in [0.25, 0.3) is 0 Å². The van der Waals surface area contributed by atoms with Gasteiger partial charge in [0.2, 0.25) is 17.7 Å². The van der Waals surface area contributed by atoms with Crippen LogP contribution in [0.2, 0.25) is 0 Å². The number of nitrogens with one attached hydrogen (secondary N) is 1. The minimum atomic E-state index is -0.289. The number of fused-ring (bicyclic) bond motifs is 1. The Kier molecular flexibility index (Phi) is 6.05. The predicted octanol–water partition coefficient (Wildman–Crippen LogP) is 1.57. The van der Waals surface area contributed by atoms with Gasteiger partial charge in [-0.1, -0.05) is 0 Å². The van der Waals surface area contributed by atoms with E-state index >= 15 is 0 Å². The van der Waals surface area contributed by atoms with E-state index in [2.05, 4.69) is 5.32 Å². The third-order valence-electron chi connectivity index (χ3n) is 5.36. The Balaban J connectivity index is 1.65. The van der Waals surface area contributed by atoms with E-state index in [-0.39, 0.29) is 48.7 Å². The fraction of sp³-hybridized carbons (Fsp3) is 0.500. The molecule has 1 saturated heterocycles. The highest BCUT2D eigenvalue weighted by atomic mass is 16.5. The van der Waals surface area contributed by atoms with Crippen molar-refractivity contribution < 1.29 is 23.9 Å². The number of benzene rings is 1. The molecule has 0 aromatic heterocycles. The number of carbonyl (C=O) groups is 3. The topological polar surface area (TPSA) is 88.2 Å². The molecular formula is C22H29N3O5. The average Bonchev–Trinajstić information content (AvgIpc) is 2.98. The van der Waals surface area contributed by atoms with Gasteiger partial charge in [0.1, 0.15) is 6.54 Å². The molecule has 1 aromatic carbocycles. The molecule has 1 aromatic rings. The van der Waals surface area contributed by atoms with E-state index in [4.69, 9.17) is 9.47 Å². The van der Waals surface area contributed by atoms with E-state index in [1.807, 2.05) is 26.8 Å². The molecule has 1 fully saturated rings. The van der Waals surface area contributed by atoms with Crippen LogP contribution in [0.1, 0.15) is 38.3 Å². The van der Waals surface area contributed by atoms with Crippen LogP contribution in [0.5, 0.6) is 11.5 Å². The van der Waals surface area contributed by atoms with Crippen molar-refractivity contribution in [1.82, 2.24) is 15.1 Å². The second kappa shape index (κ2) is 8.38. The summed E-state index contributed by atoms with van der Waals surface area (Å²) >= 11 is 0. The normalized spacial score (nSPS) is 18.9. The lowest BCUT2D eigenvalue weighted by Gasteiger charge is -2.32. The first-order valence-corrected chi connectivity index (χ1v) is 9.94. The van der Waals surface area contributed by atoms with Gasteiger partial charge in [-0.25, -0.2) is 0 Å². The Labute approximate surface area is 176 Å². The number of likely N-dealkylation sites (tertiary alicyclic amines) is 1. The molecule has 30 heavy (non-hydrogen) atoms. The fourth-order valence-corrected chi connectivity index (χ4v) is 3.78. The predicted molar refractivity (Wildman–Crippen MR) is 112 cm³/mol. The van der Waals surface area contributed by atoms with E-state index in [0.717, 1.165) is 11.1 Å². The van der Waals surface area contributed by atoms with E-state index < -0.39 is 0 Å². The number of nitrogens with zero attached hydrogens (tertiary/aromatic N) is 2. The molecule has 0 unspecified atom stereocenters. The number of hydrogen-bond donors (Lipinski definition) is 1. The molecule has 2 heterocycles. The van der Waals surface area contributed by atoms with Crippen molar-refractivity contribution in [2.45, 2.75) is 45.2 Å². The SMILES string of the molecule is COc1cc2c(cc1OC)CC(=O)N(CC(=O)N[C@H]1CC(=O)N(C(C)(C)C)C1)C=C2. The lowest BCUT2D eigenvalue weighted by atomic mass is 10.0. The van der Waals surface area contributed by atoms with Crippen LogP contribution in [0.25, 0.3) is 6.08 Å². The summed E-state index contributed by atoms with van der Waals surface area (Å²) in [4.78, 5) is 40.6. The van der Waals surface area contributed by atoms with Crippen LogP contribution in [0.3, 0.4) is 0 Å². The largest absolute Gasteiger partial charge is 0.493 e. The number of methoxy groups -OCH3 is 2. The van der Waals surface area contributed by atoms with Crippen molar-refractivity contribution in [3.05, 3.63) is 29.5 Å². The van der Waals surface area contributed by atoms with Crippen LogP contribution in [0.4, 0.5) is 0 Å². The molecule has 0 aliphatic carbocycles. The zero-order valence-electron chi connectivity index (χ0n) is 18.2. The molecule has 0 spiro atoms. The molecule has 2 aliphatic rings. The van der Waals surface area contributed by atoms with Gasteiger partial charge in [0.05, 0.1) is 26.7 Å². The zero-order chi connectivity index (χ0) is 22.1. The van der Waals surface area contributed by atoms with Gasteiger partial charge >= 0.3 is 0 Å². The van der Waals surface area contributed by atoms with E-state index in [1.54, 1.807) is 37.5 Å². The van der Waals surface area contributed by atoms with Crippen molar-refractivity contribution in [3.63, 3.8) is 0 Å². The Bertz CT molecular complexity index is 887. The summed E-state index contributed by atoms with van der Waals surface area (Å²) in [5, 5.41) is 2.89. The smallest absolute Gasteiger partial charge is 0.240 e. The van der Waals surface area contributed by atoms with E-state index in [1.165, 1.54) is 4.90 Å². The van der Waals surface area contributed by atoms with Crippen molar-refractivity contribution in [3.8, 4) is 11.5 Å². The molecule has 1 N–H and O–H groups in total. The first-order valence-electron chi connectivity index (χ1n) is 9.94. The van der Waals surface area contributed by atoms with Crippen molar-refractivity contribution in [1.29, 1.82) is 0 Å². The van der Waals surface area contributed by atoms with Crippen molar-refractivity contribution in [2.75, 3.05) is 27.3 Å². The number of hydrogen-bond acceptors (Lipinski definition) is 5. The summed E-state index contributed by atoms with van der Waals surface area (Å²) in [6.07, 6.45) is 3.82. The number of rotatable bonds is 5. The Morgan fingerprint density at radius 2 is 1.80 bits per heavy atom. The Morgan fingerprint density at radius 1 is 1.13 bits per heavy atom. The second-order valence-corrected chi connectivity index (χ2v) is 8.56. The molecule has 0 radical (unpaired) electrons. The zero-order valence-corrected chi connectivity index (χ0v) is 18.2. The third kappa shape index (κ3) is 4.58. The van der Waals surface area contributed by atoms with Crippen LogP contribution >= 0.6 is 0 Å². The Hall–Kier alpha value is -3.03. The van der Waals surface area contributed by atoms with Crippen LogP contribution in [-0.2, 0) is 20.8 Å². The van der Waals surface area contributed by atoms with Gasteiger partial charge in [-0.2, -0.15) is 0 Å². The summed E-state index contributed by atoms with van der Waals surface area (Å²) in [5.41, 5.74) is 1.36. The molecule has 1 atom stereocenters. The van der Waals surface area contributed by atoms with Crippen molar-refractivity contribution in [2.24, 2.45) is 0 Å². The van der Waals surface area contributed by atoms with E-state index in [9.17, 15) is 14.4 Å². The average molecular weight is 415 g/mol. The van der Waals surface area contributed by atoms with Gasteiger partial charge in [-0.05, 0) is 50.1 Å².